The molecule has 25 heavy (non-hydrogen) atoms. The molecule has 4 aromatic rings. The van der Waals surface area contributed by atoms with Gasteiger partial charge in [-0.3, -0.25) is 9.59 Å². The van der Waals surface area contributed by atoms with E-state index in [9.17, 15) is 9.59 Å². The van der Waals surface area contributed by atoms with Crippen molar-refractivity contribution in [1.82, 2.24) is 15.0 Å². The van der Waals surface area contributed by atoms with Crippen LogP contribution < -0.4 is 0 Å². The lowest BCUT2D eigenvalue weighted by molar-refractivity contribution is 0.0937. The van der Waals surface area contributed by atoms with E-state index >= 15 is 0 Å². The minimum Gasteiger partial charge on any atom is -0.289 e. The van der Waals surface area contributed by atoms with Gasteiger partial charge in [0.2, 0.25) is 0 Å². The van der Waals surface area contributed by atoms with Gasteiger partial charge in [0.15, 0.2) is 5.78 Å². The molecule has 120 valence electrons. The molecule has 0 unspecified atom stereocenters. The summed E-state index contributed by atoms with van der Waals surface area (Å²) in [4.78, 5) is 25.8. The highest BCUT2D eigenvalue weighted by atomic mass is 16.2. The van der Waals surface area contributed by atoms with Crippen molar-refractivity contribution in [3.63, 3.8) is 0 Å². The fourth-order valence-corrected chi connectivity index (χ4v) is 2.75. The number of carbonyl (C=O) groups is 2. The highest BCUT2D eigenvalue weighted by molar-refractivity contribution is 6.16. The molecule has 1 heterocycles. The predicted octanol–water partition coefficient (Wildman–Crippen LogP) is 3.35. The molecule has 0 aliphatic rings. The Kier molecular flexibility index (Phi) is 3.67. The van der Waals surface area contributed by atoms with Gasteiger partial charge in [-0.1, -0.05) is 65.9 Å². The highest BCUT2D eigenvalue weighted by Gasteiger charge is 2.21. The molecular weight excluding hydrogens is 314 g/mol. The SMILES string of the molecule is O=C(c1ccccc1)c1ccccc1C(=O)n1nnc2ccccc21. The van der Waals surface area contributed by atoms with Crippen molar-refractivity contribution < 1.29 is 9.59 Å². The monoisotopic (exact) mass is 327 g/mol. The molecule has 4 rings (SSSR count). The lowest BCUT2D eigenvalue weighted by atomic mass is 9.98. The molecular formula is C20H13N3O2. The average Bonchev–Trinajstić information content (AvgIpc) is 3.12. The Morgan fingerprint density at radius 1 is 0.720 bits per heavy atom. The quantitative estimate of drug-likeness (QED) is 0.541. The summed E-state index contributed by atoms with van der Waals surface area (Å²) in [5.74, 6) is -0.581. The molecule has 0 amide bonds. The molecule has 0 aliphatic heterocycles. The standard InChI is InChI=1S/C20H13N3O2/c24-19(14-8-2-1-3-9-14)15-10-4-5-11-16(15)20(25)23-18-13-7-6-12-17(18)21-22-23/h1-13H. The van der Waals surface area contributed by atoms with Crippen LogP contribution >= 0.6 is 0 Å². The fourth-order valence-electron chi connectivity index (χ4n) is 2.75. The molecule has 0 fully saturated rings. The maximum absolute atomic E-state index is 13.0. The van der Waals surface area contributed by atoms with Gasteiger partial charge in [0.05, 0.1) is 11.1 Å². The van der Waals surface area contributed by atoms with E-state index in [-0.39, 0.29) is 11.7 Å². The summed E-state index contributed by atoms with van der Waals surface area (Å²) in [6.45, 7) is 0. The van der Waals surface area contributed by atoms with Gasteiger partial charge < -0.3 is 0 Å². The number of hydrogen-bond donors (Lipinski definition) is 0. The maximum atomic E-state index is 13.0. The van der Waals surface area contributed by atoms with Gasteiger partial charge in [-0.15, -0.1) is 5.10 Å². The summed E-state index contributed by atoms with van der Waals surface area (Å²) in [7, 11) is 0. The molecule has 5 heteroatoms. The van der Waals surface area contributed by atoms with Crippen molar-refractivity contribution in [2.75, 3.05) is 0 Å². The van der Waals surface area contributed by atoms with E-state index in [4.69, 9.17) is 0 Å². The van der Waals surface area contributed by atoms with Gasteiger partial charge in [0.1, 0.15) is 5.52 Å². The zero-order valence-corrected chi connectivity index (χ0v) is 13.2. The molecule has 0 spiro atoms. The third-order valence-corrected chi connectivity index (χ3v) is 3.98. The second kappa shape index (κ2) is 6.13. The number of aromatic nitrogens is 3. The van der Waals surface area contributed by atoms with Gasteiger partial charge >= 0.3 is 0 Å². The Labute approximate surface area is 143 Å². The fraction of sp³-hybridized carbons (Fsp3) is 0. The Balaban J connectivity index is 1.81. The zero-order chi connectivity index (χ0) is 17.2. The third-order valence-electron chi connectivity index (χ3n) is 3.98. The molecule has 0 saturated heterocycles. The van der Waals surface area contributed by atoms with Crippen LogP contribution in [0.1, 0.15) is 26.3 Å². The van der Waals surface area contributed by atoms with Crippen molar-refractivity contribution in [3.05, 3.63) is 95.6 Å². The van der Waals surface area contributed by atoms with Crippen LogP contribution in [0, 0.1) is 0 Å². The largest absolute Gasteiger partial charge is 0.289 e. The van der Waals surface area contributed by atoms with Gasteiger partial charge in [0.25, 0.3) is 5.91 Å². The van der Waals surface area contributed by atoms with E-state index in [0.29, 0.717) is 27.7 Å². The highest BCUT2D eigenvalue weighted by Crippen LogP contribution is 2.18. The van der Waals surface area contributed by atoms with Crippen molar-refractivity contribution in [1.29, 1.82) is 0 Å². The van der Waals surface area contributed by atoms with Crippen LogP contribution in [0.25, 0.3) is 11.0 Å². The number of ketones is 1. The van der Waals surface area contributed by atoms with Crippen molar-refractivity contribution in [2.24, 2.45) is 0 Å². The topological polar surface area (TPSA) is 64.8 Å². The summed E-state index contributed by atoms with van der Waals surface area (Å²) >= 11 is 0. The van der Waals surface area contributed by atoms with Crippen molar-refractivity contribution in [3.8, 4) is 0 Å². The normalized spacial score (nSPS) is 10.7. The molecule has 1 aromatic heterocycles. The Morgan fingerprint density at radius 2 is 1.36 bits per heavy atom. The van der Waals surface area contributed by atoms with Gasteiger partial charge in [-0.25, -0.2) is 0 Å². The minimum absolute atomic E-state index is 0.200. The van der Waals surface area contributed by atoms with Crippen LogP contribution in [0.5, 0.6) is 0 Å². The number of fused-ring (bicyclic) bond motifs is 1. The van der Waals surface area contributed by atoms with Crippen molar-refractivity contribution >= 4 is 22.7 Å². The van der Waals surface area contributed by atoms with E-state index in [1.54, 1.807) is 60.7 Å². The summed E-state index contributed by atoms with van der Waals surface area (Å²) in [5.41, 5.74) is 2.41. The first-order valence-corrected chi connectivity index (χ1v) is 7.79. The lowest BCUT2D eigenvalue weighted by Crippen LogP contribution is -2.18. The average molecular weight is 327 g/mol. The van der Waals surface area contributed by atoms with Crippen LogP contribution in [-0.4, -0.2) is 26.7 Å². The molecule has 0 saturated carbocycles. The van der Waals surface area contributed by atoms with E-state index in [1.807, 2.05) is 18.2 Å². The number of benzene rings is 3. The van der Waals surface area contributed by atoms with E-state index in [0.717, 1.165) is 0 Å². The van der Waals surface area contributed by atoms with Gasteiger partial charge in [0, 0.05) is 11.1 Å². The number of carbonyl (C=O) groups excluding carboxylic acids is 2. The van der Waals surface area contributed by atoms with Crippen LogP contribution in [0.4, 0.5) is 0 Å². The first-order valence-electron chi connectivity index (χ1n) is 7.79. The van der Waals surface area contributed by atoms with Gasteiger partial charge in [-0.05, 0) is 18.2 Å². The first kappa shape index (κ1) is 15.0. The van der Waals surface area contributed by atoms with Gasteiger partial charge in [-0.2, -0.15) is 4.68 Å². The van der Waals surface area contributed by atoms with E-state index < -0.39 is 0 Å². The maximum Gasteiger partial charge on any atom is 0.280 e. The number of para-hydroxylation sites is 1. The third kappa shape index (κ3) is 2.61. The molecule has 0 N–H and O–H groups in total. The van der Waals surface area contributed by atoms with Crippen molar-refractivity contribution in [2.45, 2.75) is 0 Å². The Morgan fingerprint density at radius 3 is 2.16 bits per heavy atom. The summed E-state index contributed by atoms with van der Waals surface area (Å²) in [6, 6.07) is 22.9. The molecule has 5 nitrogen and oxygen atoms in total. The molecule has 0 bridgehead atoms. The van der Waals surface area contributed by atoms with E-state index in [1.165, 1.54) is 4.68 Å². The lowest BCUT2D eigenvalue weighted by Gasteiger charge is -2.08. The number of nitrogens with zero attached hydrogens (tertiary/aromatic N) is 3. The molecule has 3 aromatic carbocycles. The Hall–Kier alpha value is -3.60. The van der Waals surface area contributed by atoms with Crippen LogP contribution in [0.3, 0.4) is 0 Å². The summed E-state index contributed by atoms with van der Waals surface area (Å²) in [5, 5.41) is 7.96. The van der Waals surface area contributed by atoms with Crippen LogP contribution in [-0.2, 0) is 0 Å². The zero-order valence-electron chi connectivity index (χ0n) is 13.2. The van der Waals surface area contributed by atoms with Crippen LogP contribution in [0.2, 0.25) is 0 Å². The second-order valence-electron chi connectivity index (χ2n) is 5.54. The molecule has 0 atom stereocenters. The van der Waals surface area contributed by atoms with E-state index in [2.05, 4.69) is 10.3 Å². The summed E-state index contributed by atoms with van der Waals surface area (Å²) in [6.07, 6.45) is 0. The van der Waals surface area contributed by atoms with Crippen LogP contribution in [0.15, 0.2) is 78.9 Å². The molecule has 0 aliphatic carbocycles. The second-order valence-corrected chi connectivity index (χ2v) is 5.54. The minimum atomic E-state index is -0.381. The smallest absolute Gasteiger partial charge is 0.280 e. The Bertz CT molecular complexity index is 1080. The first-order chi connectivity index (χ1) is 12.3. The summed E-state index contributed by atoms with van der Waals surface area (Å²) < 4.78 is 1.23. The molecule has 0 radical (unpaired) electrons. The predicted molar refractivity (Wildman–Crippen MR) is 93.6 cm³/mol. The number of hydrogen-bond acceptors (Lipinski definition) is 4. The number of rotatable bonds is 3.